The lowest BCUT2D eigenvalue weighted by atomic mass is 10.3. The molecule has 3 rings (SSSR count). The van der Waals surface area contributed by atoms with E-state index in [-0.39, 0.29) is 11.4 Å². The van der Waals surface area contributed by atoms with Gasteiger partial charge in [-0.25, -0.2) is 9.91 Å². The minimum atomic E-state index is -2.92. The first kappa shape index (κ1) is 17.1. The molecule has 0 radical (unpaired) electrons. The van der Waals surface area contributed by atoms with E-state index in [0.717, 1.165) is 10.7 Å². The average molecular weight is 350 g/mol. The zero-order valence-corrected chi connectivity index (χ0v) is 13.7. The van der Waals surface area contributed by atoms with Gasteiger partial charge in [0.05, 0.1) is 0 Å². The Morgan fingerprint density at radius 1 is 1.44 bits per heavy atom. The van der Waals surface area contributed by atoms with E-state index in [4.69, 9.17) is 0 Å². The molecule has 2 aliphatic rings. The molecule has 0 fully saturated rings. The van der Waals surface area contributed by atoms with Crippen LogP contribution >= 0.6 is 0 Å². The Labute approximate surface area is 143 Å². The molecule has 1 unspecified atom stereocenters. The monoisotopic (exact) mass is 350 g/mol. The summed E-state index contributed by atoms with van der Waals surface area (Å²) in [6.45, 7) is -2.29. The number of anilines is 1. The number of aliphatic imine (C=N–C) groups is 1. The van der Waals surface area contributed by atoms with Crippen LogP contribution in [0, 0.1) is 0 Å². The summed E-state index contributed by atoms with van der Waals surface area (Å²) in [6, 6.07) is 5.84. The first-order valence-electron chi connectivity index (χ1n) is 7.57. The Morgan fingerprint density at radius 3 is 2.96 bits per heavy atom. The molecule has 2 heterocycles. The Kier molecular flexibility index (Phi) is 4.77. The minimum absolute atomic E-state index is 0.0212. The number of alkyl halides is 2. The van der Waals surface area contributed by atoms with Crippen molar-refractivity contribution >= 4 is 17.4 Å². The molecule has 0 aliphatic carbocycles. The molecule has 1 aromatic carbocycles. The van der Waals surface area contributed by atoms with Crippen molar-refractivity contribution < 1.29 is 23.2 Å². The van der Waals surface area contributed by atoms with Crippen LogP contribution in [0.25, 0.3) is 0 Å². The van der Waals surface area contributed by atoms with Crippen molar-refractivity contribution in [3.63, 3.8) is 0 Å². The van der Waals surface area contributed by atoms with Gasteiger partial charge < -0.3 is 10.1 Å². The third-order valence-electron chi connectivity index (χ3n) is 3.68. The first-order chi connectivity index (χ1) is 11.9. The molecule has 0 aromatic heterocycles. The third kappa shape index (κ3) is 4.01. The SMILES string of the molecule is CN(C)N1C=CC2=NC(C(=O)Nc3cccc(OC(F)F)c3)=C[NH+]2C1. The molecular formula is C16H18F2N5O2+. The van der Waals surface area contributed by atoms with Gasteiger partial charge in [0.2, 0.25) is 5.84 Å². The second-order valence-electron chi connectivity index (χ2n) is 5.67. The van der Waals surface area contributed by atoms with Crippen molar-refractivity contribution in [1.82, 2.24) is 10.0 Å². The van der Waals surface area contributed by atoms with Gasteiger partial charge >= 0.3 is 6.61 Å². The fourth-order valence-electron chi connectivity index (χ4n) is 2.46. The van der Waals surface area contributed by atoms with Gasteiger partial charge in [0.1, 0.15) is 11.9 Å². The number of amidine groups is 1. The number of fused-ring (bicyclic) bond motifs is 1. The van der Waals surface area contributed by atoms with Gasteiger partial charge in [-0.1, -0.05) is 6.07 Å². The Balaban J connectivity index is 1.68. The maximum absolute atomic E-state index is 12.4. The zero-order valence-electron chi connectivity index (χ0n) is 13.7. The molecule has 1 aromatic rings. The quantitative estimate of drug-likeness (QED) is 0.818. The lowest BCUT2D eigenvalue weighted by Crippen LogP contribution is -3.11. The van der Waals surface area contributed by atoms with Gasteiger partial charge in [-0.05, 0) is 12.1 Å². The number of nitrogens with zero attached hydrogens (tertiary/aromatic N) is 3. The molecule has 1 amide bonds. The standard InChI is InChI=1S/C16H17F2N5O2/c1-21(2)23-7-6-14-20-13(9-22(14)10-23)15(24)19-11-4-3-5-12(8-11)25-16(17)18/h3-9,16H,10H2,1-2H3,(H,19,24)/p+1. The smallest absolute Gasteiger partial charge is 0.387 e. The van der Waals surface area contributed by atoms with E-state index in [1.807, 2.05) is 36.4 Å². The Morgan fingerprint density at radius 2 is 2.24 bits per heavy atom. The van der Waals surface area contributed by atoms with E-state index < -0.39 is 12.5 Å². The highest BCUT2D eigenvalue weighted by Gasteiger charge is 2.30. The van der Waals surface area contributed by atoms with E-state index in [1.54, 1.807) is 12.3 Å². The van der Waals surface area contributed by atoms with Gasteiger partial charge in [-0.3, -0.25) is 9.80 Å². The van der Waals surface area contributed by atoms with Crippen molar-refractivity contribution in [1.29, 1.82) is 0 Å². The maximum atomic E-state index is 12.4. The van der Waals surface area contributed by atoms with Gasteiger partial charge in [0, 0.05) is 38.1 Å². The number of halogens is 2. The summed E-state index contributed by atoms with van der Waals surface area (Å²) < 4.78 is 28.9. The number of hydrazine groups is 1. The number of quaternary nitrogens is 1. The van der Waals surface area contributed by atoms with Crippen molar-refractivity contribution in [3.8, 4) is 5.75 Å². The van der Waals surface area contributed by atoms with E-state index in [9.17, 15) is 13.6 Å². The van der Waals surface area contributed by atoms with E-state index in [2.05, 4.69) is 15.0 Å². The molecule has 1 atom stereocenters. The van der Waals surface area contributed by atoms with Crippen molar-refractivity contribution in [2.75, 3.05) is 26.1 Å². The summed E-state index contributed by atoms with van der Waals surface area (Å²) in [4.78, 5) is 17.6. The summed E-state index contributed by atoms with van der Waals surface area (Å²) >= 11 is 0. The second-order valence-corrected chi connectivity index (χ2v) is 5.67. The van der Waals surface area contributed by atoms with Crippen molar-refractivity contribution in [2.24, 2.45) is 4.99 Å². The molecule has 0 saturated carbocycles. The van der Waals surface area contributed by atoms with Crippen molar-refractivity contribution in [2.45, 2.75) is 6.61 Å². The van der Waals surface area contributed by atoms with Gasteiger partial charge in [0.25, 0.3) is 5.91 Å². The summed E-state index contributed by atoms with van der Waals surface area (Å²) in [7, 11) is 3.85. The minimum Gasteiger partial charge on any atom is -0.435 e. The molecule has 2 N–H and O–H groups in total. The zero-order chi connectivity index (χ0) is 18.0. The molecule has 2 aliphatic heterocycles. The summed E-state index contributed by atoms with van der Waals surface area (Å²) in [5, 5.41) is 6.55. The van der Waals surface area contributed by atoms with Gasteiger partial charge in [0.15, 0.2) is 12.4 Å². The Hall–Kier alpha value is -2.78. The number of benzene rings is 1. The topological polar surface area (TPSA) is 61.6 Å². The third-order valence-corrected chi connectivity index (χ3v) is 3.68. The van der Waals surface area contributed by atoms with E-state index in [1.165, 1.54) is 18.2 Å². The van der Waals surface area contributed by atoms with Crippen LogP contribution < -0.4 is 15.0 Å². The highest BCUT2D eigenvalue weighted by molar-refractivity contribution is 6.06. The van der Waals surface area contributed by atoms with Crippen LogP contribution in [-0.2, 0) is 4.79 Å². The highest BCUT2D eigenvalue weighted by atomic mass is 19.3. The van der Waals surface area contributed by atoms with Crippen LogP contribution in [0.5, 0.6) is 5.75 Å². The first-order valence-corrected chi connectivity index (χ1v) is 7.57. The molecule has 0 bridgehead atoms. The van der Waals surface area contributed by atoms with E-state index in [0.29, 0.717) is 12.4 Å². The molecule has 0 spiro atoms. The molecule has 25 heavy (non-hydrogen) atoms. The number of rotatable bonds is 5. The van der Waals surface area contributed by atoms with Crippen LogP contribution in [-0.4, -0.2) is 49.1 Å². The summed E-state index contributed by atoms with van der Waals surface area (Å²) in [5.41, 5.74) is 0.630. The average Bonchev–Trinajstić information content (AvgIpc) is 2.97. The molecule has 9 heteroatoms. The van der Waals surface area contributed by atoms with Crippen LogP contribution in [0.2, 0.25) is 0 Å². The second kappa shape index (κ2) is 6.99. The summed E-state index contributed by atoms with van der Waals surface area (Å²) in [5.74, 6) is 0.318. The maximum Gasteiger partial charge on any atom is 0.387 e. The number of carbonyl (C=O) groups excluding carboxylic acids is 1. The van der Waals surface area contributed by atoms with Crippen LogP contribution in [0.1, 0.15) is 0 Å². The number of ether oxygens (including phenoxy) is 1. The van der Waals surface area contributed by atoms with E-state index >= 15 is 0 Å². The van der Waals surface area contributed by atoms with Crippen molar-refractivity contribution in [3.05, 3.63) is 48.4 Å². The lowest BCUT2D eigenvalue weighted by Gasteiger charge is -2.30. The number of amides is 1. The number of carbonyl (C=O) groups is 1. The highest BCUT2D eigenvalue weighted by Crippen LogP contribution is 2.20. The number of hydrogen-bond donors (Lipinski definition) is 2. The molecule has 0 saturated heterocycles. The largest absolute Gasteiger partial charge is 0.435 e. The number of hydrogen-bond acceptors (Lipinski definition) is 5. The fraction of sp³-hybridized carbons (Fsp3) is 0.250. The van der Waals surface area contributed by atoms with Crippen LogP contribution in [0.4, 0.5) is 14.5 Å². The molecular weight excluding hydrogens is 332 g/mol. The normalized spacial score (nSPS) is 19.0. The molecule has 7 nitrogen and oxygen atoms in total. The number of nitrogens with one attached hydrogen (secondary N) is 2. The lowest BCUT2D eigenvalue weighted by molar-refractivity contribution is -0.762. The summed E-state index contributed by atoms with van der Waals surface area (Å²) in [6.07, 6.45) is 5.46. The van der Waals surface area contributed by atoms with Crippen LogP contribution in [0.15, 0.2) is 53.4 Å². The Bertz CT molecular complexity index is 761. The van der Waals surface area contributed by atoms with Gasteiger partial charge in [-0.2, -0.15) is 13.8 Å². The van der Waals surface area contributed by atoms with Crippen LogP contribution in [0.3, 0.4) is 0 Å². The predicted molar refractivity (Wildman–Crippen MR) is 87.7 cm³/mol. The fourth-order valence-corrected chi connectivity index (χ4v) is 2.46. The molecule has 132 valence electrons. The van der Waals surface area contributed by atoms with Gasteiger partial charge in [-0.15, -0.1) is 0 Å². The predicted octanol–water partition coefficient (Wildman–Crippen LogP) is 0.628.